The van der Waals surface area contributed by atoms with Crippen LogP contribution in [0, 0.1) is 0 Å². The molecule has 31 heavy (non-hydrogen) atoms. The maximum atomic E-state index is 12.4. The molecule has 0 fully saturated rings. The van der Waals surface area contributed by atoms with Crippen molar-refractivity contribution in [1.82, 2.24) is 10.6 Å². The Morgan fingerprint density at radius 3 is 2.61 bits per heavy atom. The number of ether oxygens (including phenoxy) is 1. The predicted octanol–water partition coefficient (Wildman–Crippen LogP) is 5.20. The van der Waals surface area contributed by atoms with Gasteiger partial charge in [0.25, 0.3) is 5.91 Å². The highest BCUT2D eigenvalue weighted by Gasteiger charge is 2.12. The Labute approximate surface area is 197 Å². The van der Waals surface area contributed by atoms with E-state index in [-0.39, 0.29) is 23.3 Å². The van der Waals surface area contributed by atoms with E-state index < -0.39 is 0 Å². The summed E-state index contributed by atoms with van der Waals surface area (Å²) in [6.07, 6.45) is 2.59. The van der Waals surface area contributed by atoms with Crippen molar-refractivity contribution in [1.29, 1.82) is 0 Å². The third-order valence-electron chi connectivity index (χ3n) is 4.19. The van der Waals surface area contributed by atoms with Crippen molar-refractivity contribution in [3.05, 3.63) is 58.1 Å². The van der Waals surface area contributed by atoms with Crippen molar-refractivity contribution >= 4 is 58.0 Å². The molecule has 0 heterocycles. The molecule has 0 aliphatic carbocycles. The van der Waals surface area contributed by atoms with Crippen LogP contribution in [-0.2, 0) is 4.79 Å². The number of carbonyl (C=O) groups excluding carboxylic acids is 2. The van der Waals surface area contributed by atoms with Crippen LogP contribution in [0.1, 0.15) is 43.0 Å². The average Bonchev–Trinajstić information content (AvgIpc) is 2.73. The maximum absolute atomic E-state index is 12.4. The molecule has 0 aliphatic rings. The van der Waals surface area contributed by atoms with Gasteiger partial charge in [0, 0.05) is 18.0 Å². The zero-order chi connectivity index (χ0) is 22.6. The van der Waals surface area contributed by atoms with E-state index in [2.05, 4.69) is 22.9 Å². The van der Waals surface area contributed by atoms with E-state index in [9.17, 15) is 9.59 Å². The van der Waals surface area contributed by atoms with Crippen molar-refractivity contribution in [2.24, 2.45) is 0 Å². The highest BCUT2D eigenvalue weighted by molar-refractivity contribution is 7.80. The summed E-state index contributed by atoms with van der Waals surface area (Å²) in [4.78, 5) is 24.5. The van der Waals surface area contributed by atoms with E-state index in [0.717, 1.165) is 12.8 Å². The van der Waals surface area contributed by atoms with Crippen LogP contribution in [0.3, 0.4) is 0 Å². The second-order valence-electron chi connectivity index (χ2n) is 6.68. The first-order valence-electron chi connectivity index (χ1n) is 9.96. The molecule has 2 aromatic rings. The molecule has 0 saturated heterocycles. The van der Waals surface area contributed by atoms with Gasteiger partial charge < -0.3 is 20.7 Å². The SMILES string of the molecule is CCCCNC(=O)c1ccccc1NC(=S)NC(=O)CCCOc1ccc(Cl)cc1Cl. The number of unbranched alkanes of at least 4 members (excludes halogenated alkanes) is 1. The summed E-state index contributed by atoms with van der Waals surface area (Å²) >= 11 is 17.1. The molecule has 2 aromatic carbocycles. The maximum Gasteiger partial charge on any atom is 0.253 e. The lowest BCUT2D eigenvalue weighted by atomic mass is 10.1. The normalized spacial score (nSPS) is 10.3. The van der Waals surface area contributed by atoms with Gasteiger partial charge in [-0.1, -0.05) is 48.7 Å². The molecule has 0 unspecified atom stereocenters. The minimum absolute atomic E-state index is 0.125. The van der Waals surface area contributed by atoms with Crippen molar-refractivity contribution < 1.29 is 14.3 Å². The zero-order valence-corrected chi connectivity index (χ0v) is 19.5. The fraction of sp³-hybridized carbons (Fsp3) is 0.318. The van der Waals surface area contributed by atoms with Crippen LogP contribution >= 0.6 is 35.4 Å². The summed E-state index contributed by atoms with van der Waals surface area (Å²) in [7, 11) is 0. The summed E-state index contributed by atoms with van der Waals surface area (Å²) < 4.78 is 5.56. The van der Waals surface area contributed by atoms with Crippen molar-refractivity contribution in [2.45, 2.75) is 32.6 Å². The number of halogens is 2. The number of anilines is 1. The van der Waals surface area contributed by atoms with Gasteiger partial charge in [-0.25, -0.2) is 0 Å². The number of nitrogens with one attached hydrogen (secondary N) is 3. The van der Waals surface area contributed by atoms with Gasteiger partial charge in [0.15, 0.2) is 5.11 Å². The number of benzene rings is 2. The van der Waals surface area contributed by atoms with Gasteiger partial charge in [-0.3, -0.25) is 9.59 Å². The molecule has 0 atom stereocenters. The molecular formula is C22H25Cl2N3O3S. The number of rotatable bonds is 10. The molecule has 9 heteroatoms. The predicted molar refractivity (Wildman–Crippen MR) is 129 cm³/mol. The Morgan fingerprint density at radius 2 is 1.87 bits per heavy atom. The molecule has 0 radical (unpaired) electrons. The van der Waals surface area contributed by atoms with E-state index >= 15 is 0 Å². The molecule has 2 rings (SSSR count). The number of carbonyl (C=O) groups is 2. The highest BCUT2D eigenvalue weighted by Crippen LogP contribution is 2.27. The summed E-state index contributed by atoms with van der Waals surface area (Å²) in [5.74, 6) is 0.0642. The first-order chi connectivity index (χ1) is 14.9. The Hall–Kier alpha value is -2.35. The van der Waals surface area contributed by atoms with Crippen LogP contribution in [0.5, 0.6) is 5.75 Å². The number of hydrogen-bond acceptors (Lipinski definition) is 4. The molecule has 0 spiro atoms. The summed E-state index contributed by atoms with van der Waals surface area (Å²) in [6, 6.07) is 12.0. The zero-order valence-electron chi connectivity index (χ0n) is 17.2. The van der Waals surface area contributed by atoms with Crippen molar-refractivity contribution in [2.75, 3.05) is 18.5 Å². The lowest BCUT2D eigenvalue weighted by Crippen LogP contribution is -2.35. The fourth-order valence-electron chi connectivity index (χ4n) is 2.61. The monoisotopic (exact) mass is 481 g/mol. The second-order valence-corrected chi connectivity index (χ2v) is 7.94. The van der Waals surface area contributed by atoms with E-state index in [4.69, 9.17) is 40.2 Å². The smallest absolute Gasteiger partial charge is 0.253 e. The third kappa shape index (κ3) is 8.73. The molecule has 0 aromatic heterocycles. The van der Waals surface area contributed by atoms with E-state index in [1.165, 1.54) is 0 Å². The first kappa shape index (κ1) is 24.9. The van der Waals surface area contributed by atoms with Crippen LogP contribution in [0.25, 0.3) is 0 Å². The number of para-hydroxylation sites is 1. The quantitative estimate of drug-likeness (QED) is 0.321. The van der Waals surface area contributed by atoms with Crippen LogP contribution in [0.15, 0.2) is 42.5 Å². The van der Waals surface area contributed by atoms with Gasteiger partial charge in [-0.2, -0.15) is 0 Å². The Morgan fingerprint density at radius 1 is 1.10 bits per heavy atom. The van der Waals surface area contributed by atoms with Crippen LogP contribution in [0.4, 0.5) is 5.69 Å². The van der Waals surface area contributed by atoms with Crippen LogP contribution in [-0.4, -0.2) is 30.1 Å². The molecule has 0 saturated carbocycles. The average molecular weight is 482 g/mol. The van der Waals surface area contributed by atoms with Gasteiger partial charge in [0.1, 0.15) is 5.75 Å². The summed E-state index contributed by atoms with van der Waals surface area (Å²) in [6.45, 7) is 2.98. The Bertz CT molecular complexity index is 925. The molecule has 2 amide bonds. The molecule has 0 bridgehead atoms. The van der Waals surface area contributed by atoms with Crippen molar-refractivity contribution in [3.8, 4) is 5.75 Å². The van der Waals surface area contributed by atoms with E-state index in [1.54, 1.807) is 42.5 Å². The van der Waals surface area contributed by atoms with E-state index in [0.29, 0.717) is 46.6 Å². The first-order valence-corrected chi connectivity index (χ1v) is 11.1. The van der Waals surface area contributed by atoms with Gasteiger partial charge in [0.2, 0.25) is 5.91 Å². The Kier molecular flexibility index (Phi) is 10.6. The minimum atomic E-state index is -0.256. The summed E-state index contributed by atoms with van der Waals surface area (Å²) in [5, 5.41) is 9.47. The highest BCUT2D eigenvalue weighted by atomic mass is 35.5. The van der Waals surface area contributed by atoms with Gasteiger partial charge in [-0.05, 0) is 55.4 Å². The van der Waals surface area contributed by atoms with E-state index in [1.807, 2.05) is 0 Å². The standard InChI is InChI=1S/C22H25Cl2N3O3S/c1-2-3-12-25-21(29)16-7-4-5-8-18(16)26-22(31)27-20(28)9-6-13-30-19-11-10-15(23)14-17(19)24/h4-5,7-8,10-11,14H,2-3,6,9,12-13H2,1H3,(H,25,29)(H2,26,27,28,31). The number of hydrogen-bond donors (Lipinski definition) is 3. The van der Waals surface area contributed by atoms with Gasteiger partial charge in [-0.15, -0.1) is 0 Å². The van der Waals surface area contributed by atoms with Crippen LogP contribution in [0.2, 0.25) is 10.0 Å². The topological polar surface area (TPSA) is 79.5 Å². The third-order valence-corrected chi connectivity index (χ3v) is 4.92. The summed E-state index contributed by atoms with van der Waals surface area (Å²) in [5.41, 5.74) is 0.992. The molecule has 0 aliphatic heterocycles. The lowest BCUT2D eigenvalue weighted by molar-refractivity contribution is -0.119. The van der Waals surface area contributed by atoms with Crippen molar-refractivity contribution in [3.63, 3.8) is 0 Å². The van der Waals surface area contributed by atoms with Gasteiger partial charge >= 0.3 is 0 Å². The fourth-order valence-corrected chi connectivity index (χ4v) is 3.30. The number of thiocarbonyl (C=S) groups is 1. The second kappa shape index (κ2) is 13.1. The molecule has 6 nitrogen and oxygen atoms in total. The minimum Gasteiger partial charge on any atom is -0.492 e. The molecular weight excluding hydrogens is 457 g/mol. The number of amides is 2. The van der Waals surface area contributed by atoms with Gasteiger partial charge in [0.05, 0.1) is 22.9 Å². The lowest BCUT2D eigenvalue weighted by Gasteiger charge is -2.13. The molecule has 3 N–H and O–H groups in total. The largest absolute Gasteiger partial charge is 0.492 e. The van der Waals surface area contributed by atoms with Crippen LogP contribution < -0.4 is 20.7 Å². The Balaban J connectivity index is 1.78. The molecule has 166 valence electrons.